The molecule has 0 aliphatic heterocycles. The first-order valence-corrected chi connectivity index (χ1v) is 5.81. The topological polar surface area (TPSA) is 47.6 Å². The van der Waals surface area contributed by atoms with Crippen LogP contribution in [0.5, 0.6) is 5.75 Å². The van der Waals surface area contributed by atoms with Gasteiger partial charge in [0.25, 0.3) is 0 Å². The number of rotatable bonds is 3. The van der Waals surface area contributed by atoms with Crippen LogP contribution in [-0.2, 0) is 0 Å². The summed E-state index contributed by atoms with van der Waals surface area (Å²) in [5, 5.41) is 0.537. The van der Waals surface area contributed by atoms with Crippen LogP contribution in [0, 0.1) is 0 Å². The number of nitrogens with two attached hydrogens (primary N) is 1. The zero-order valence-electron chi connectivity index (χ0n) is 9.93. The van der Waals surface area contributed by atoms with Crippen molar-refractivity contribution in [3.63, 3.8) is 0 Å². The van der Waals surface area contributed by atoms with Crippen molar-refractivity contribution in [3.05, 3.63) is 59.1 Å². The van der Waals surface area contributed by atoms with E-state index >= 15 is 0 Å². The molecular weight excluding hydrogens is 248 g/mol. The second-order valence-corrected chi connectivity index (χ2v) is 4.09. The maximum atomic E-state index is 6.07. The molecule has 4 heteroatoms. The Morgan fingerprint density at radius 3 is 2.56 bits per heavy atom. The summed E-state index contributed by atoms with van der Waals surface area (Å²) >= 11 is 6.07. The Kier molecular flexibility index (Phi) is 3.85. The second-order valence-electron chi connectivity index (χ2n) is 3.68. The van der Waals surface area contributed by atoms with Gasteiger partial charge in [-0.15, -0.1) is 0 Å². The summed E-state index contributed by atoms with van der Waals surface area (Å²) in [5.74, 6) is 1.12. The molecule has 2 rings (SSSR count). The van der Waals surface area contributed by atoms with E-state index < -0.39 is 0 Å². The molecule has 0 aliphatic rings. The van der Waals surface area contributed by atoms with Gasteiger partial charge in [0.05, 0.1) is 17.8 Å². The lowest BCUT2D eigenvalue weighted by molar-refractivity contribution is 0.415. The van der Waals surface area contributed by atoms with Crippen LogP contribution in [0.3, 0.4) is 0 Å². The number of hydrogen-bond donors (Lipinski definition) is 1. The fourth-order valence-corrected chi connectivity index (χ4v) is 1.67. The van der Waals surface area contributed by atoms with Crippen LogP contribution in [0.1, 0.15) is 5.56 Å². The smallest absolute Gasteiger partial charge is 0.131 e. The predicted octanol–water partition coefficient (Wildman–Crippen LogP) is 3.39. The summed E-state index contributed by atoms with van der Waals surface area (Å²) in [6.45, 7) is 0. The van der Waals surface area contributed by atoms with Crippen molar-refractivity contribution in [2.45, 2.75) is 0 Å². The first-order valence-electron chi connectivity index (χ1n) is 5.44. The van der Waals surface area contributed by atoms with Crippen LogP contribution in [0.4, 0.5) is 5.69 Å². The third-order valence-corrected chi connectivity index (χ3v) is 2.78. The summed E-state index contributed by atoms with van der Waals surface area (Å²) in [6.07, 6.45) is 0. The molecule has 2 aromatic carbocycles. The Morgan fingerprint density at radius 1 is 1.17 bits per heavy atom. The lowest BCUT2D eigenvalue weighted by atomic mass is 10.2. The van der Waals surface area contributed by atoms with Crippen molar-refractivity contribution in [1.29, 1.82) is 0 Å². The van der Waals surface area contributed by atoms with E-state index in [1.807, 2.05) is 30.3 Å². The largest absolute Gasteiger partial charge is 0.497 e. The number of amidine groups is 1. The van der Waals surface area contributed by atoms with E-state index in [1.165, 1.54) is 0 Å². The minimum atomic E-state index is 0.422. The van der Waals surface area contributed by atoms with Crippen molar-refractivity contribution in [2.75, 3.05) is 7.11 Å². The normalized spacial score (nSPS) is 11.3. The van der Waals surface area contributed by atoms with Gasteiger partial charge in [0.15, 0.2) is 0 Å². The van der Waals surface area contributed by atoms with Crippen LogP contribution in [-0.4, -0.2) is 12.9 Å². The standard InChI is InChI=1S/C14H13ClN2O/c1-18-11-7-8-12(15)13(9-11)17-14(16)10-5-3-2-4-6-10/h2-9H,1H3,(H2,16,17). The van der Waals surface area contributed by atoms with Crippen molar-refractivity contribution in [1.82, 2.24) is 0 Å². The molecule has 0 heterocycles. The van der Waals surface area contributed by atoms with Gasteiger partial charge in [-0.25, -0.2) is 4.99 Å². The first kappa shape index (κ1) is 12.5. The number of methoxy groups -OCH3 is 1. The highest BCUT2D eigenvalue weighted by Gasteiger charge is 2.03. The van der Waals surface area contributed by atoms with Crippen molar-refractivity contribution < 1.29 is 4.74 Å². The molecule has 0 spiro atoms. The maximum absolute atomic E-state index is 6.07. The molecule has 18 heavy (non-hydrogen) atoms. The Hall–Kier alpha value is -2.00. The molecule has 0 aromatic heterocycles. The number of nitrogens with zero attached hydrogens (tertiary/aromatic N) is 1. The quantitative estimate of drug-likeness (QED) is 0.679. The van der Waals surface area contributed by atoms with Gasteiger partial charge in [-0.3, -0.25) is 0 Å². The van der Waals surface area contributed by atoms with Crippen molar-refractivity contribution in [3.8, 4) is 5.75 Å². The Labute approximate surface area is 111 Å². The minimum absolute atomic E-state index is 0.422. The highest BCUT2D eigenvalue weighted by Crippen LogP contribution is 2.29. The zero-order chi connectivity index (χ0) is 13.0. The van der Waals surface area contributed by atoms with Crippen LogP contribution >= 0.6 is 11.6 Å². The van der Waals surface area contributed by atoms with Crippen molar-refractivity contribution in [2.24, 2.45) is 10.7 Å². The number of ether oxygens (including phenoxy) is 1. The molecule has 0 amide bonds. The fourth-order valence-electron chi connectivity index (χ4n) is 1.51. The van der Waals surface area contributed by atoms with Crippen LogP contribution < -0.4 is 10.5 Å². The third-order valence-electron chi connectivity index (χ3n) is 2.46. The summed E-state index contributed by atoms with van der Waals surface area (Å²) < 4.78 is 5.13. The average Bonchev–Trinajstić information content (AvgIpc) is 2.42. The fraction of sp³-hybridized carbons (Fsp3) is 0.0714. The molecule has 2 N–H and O–H groups in total. The molecule has 0 aliphatic carbocycles. The second kappa shape index (κ2) is 5.56. The third kappa shape index (κ3) is 2.81. The Bertz CT molecular complexity index is 567. The number of aliphatic imine (C=N–C) groups is 1. The number of benzene rings is 2. The van der Waals surface area contributed by atoms with Gasteiger partial charge in [-0.2, -0.15) is 0 Å². The van der Waals surface area contributed by atoms with Gasteiger partial charge in [0.1, 0.15) is 11.6 Å². The molecule has 0 unspecified atom stereocenters. The van der Waals surface area contributed by atoms with E-state index in [9.17, 15) is 0 Å². The van der Waals surface area contributed by atoms with E-state index in [0.29, 0.717) is 22.3 Å². The molecule has 92 valence electrons. The molecule has 0 radical (unpaired) electrons. The summed E-state index contributed by atoms with van der Waals surface area (Å²) in [4.78, 5) is 4.32. The molecular formula is C14H13ClN2O. The molecule has 0 atom stereocenters. The Morgan fingerprint density at radius 2 is 1.89 bits per heavy atom. The summed E-state index contributed by atoms with van der Waals surface area (Å²) in [7, 11) is 1.59. The number of halogens is 1. The highest BCUT2D eigenvalue weighted by atomic mass is 35.5. The van der Waals surface area contributed by atoms with Crippen LogP contribution in [0.15, 0.2) is 53.5 Å². The molecule has 3 nitrogen and oxygen atoms in total. The first-order chi connectivity index (χ1) is 8.70. The Balaban J connectivity index is 2.38. The molecule has 0 saturated carbocycles. The minimum Gasteiger partial charge on any atom is -0.497 e. The maximum Gasteiger partial charge on any atom is 0.131 e. The van der Waals surface area contributed by atoms with E-state index in [2.05, 4.69) is 4.99 Å². The van der Waals surface area contributed by atoms with E-state index in [0.717, 1.165) is 5.56 Å². The molecule has 0 fully saturated rings. The summed E-state index contributed by atoms with van der Waals surface area (Å²) in [5.41, 5.74) is 7.39. The SMILES string of the molecule is COc1ccc(Cl)c(N=C(N)c2ccccc2)c1. The van der Waals surface area contributed by atoms with Gasteiger partial charge in [-0.1, -0.05) is 41.9 Å². The van der Waals surface area contributed by atoms with E-state index in [4.69, 9.17) is 22.1 Å². The summed E-state index contributed by atoms with van der Waals surface area (Å²) in [6, 6.07) is 14.8. The van der Waals surface area contributed by atoms with E-state index in [1.54, 1.807) is 25.3 Å². The lowest BCUT2D eigenvalue weighted by Crippen LogP contribution is -2.12. The van der Waals surface area contributed by atoms with Crippen LogP contribution in [0.2, 0.25) is 5.02 Å². The van der Waals surface area contributed by atoms with Crippen molar-refractivity contribution >= 4 is 23.1 Å². The van der Waals surface area contributed by atoms with E-state index in [-0.39, 0.29) is 0 Å². The molecule has 2 aromatic rings. The average molecular weight is 261 g/mol. The van der Waals surface area contributed by atoms with Gasteiger partial charge < -0.3 is 10.5 Å². The van der Waals surface area contributed by atoms with Gasteiger partial charge in [0.2, 0.25) is 0 Å². The molecule has 0 bridgehead atoms. The zero-order valence-corrected chi connectivity index (χ0v) is 10.7. The van der Waals surface area contributed by atoms with Gasteiger partial charge >= 0.3 is 0 Å². The van der Waals surface area contributed by atoms with Gasteiger partial charge in [0, 0.05) is 11.6 Å². The molecule has 0 saturated heterocycles. The predicted molar refractivity (Wildman–Crippen MR) is 74.8 cm³/mol. The van der Waals surface area contributed by atoms with Crippen LogP contribution in [0.25, 0.3) is 0 Å². The van der Waals surface area contributed by atoms with Gasteiger partial charge in [-0.05, 0) is 12.1 Å². The highest BCUT2D eigenvalue weighted by molar-refractivity contribution is 6.33. The lowest BCUT2D eigenvalue weighted by Gasteiger charge is -2.05. The number of hydrogen-bond acceptors (Lipinski definition) is 2. The monoisotopic (exact) mass is 260 g/mol.